The molecule has 0 radical (unpaired) electrons. The normalized spacial score (nSPS) is 10.5. The second-order valence-electron chi connectivity index (χ2n) is 5.05. The molecule has 0 amide bonds. The third-order valence-corrected chi connectivity index (χ3v) is 4.38. The van der Waals surface area contributed by atoms with Gasteiger partial charge in [-0.25, -0.2) is 4.68 Å². The Morgan fingerprint density at radius 3 is 2.58 bits per heavy atom. The zero-order valence-electron chi connectivity index (χ0n) is 13.1. The molecule has 0 unspecified atom stereocenters. The molecule has 1 aromatic heterocycles. The molecule has 24 heavy (non-hydrogen) atoms. The summed E-state index contributed by atoms with van der Waals surface area (Å²) in [5.41, 5.74) is 1.75. The van der Waals surface area contributed by atoms with Crippen LogP contribution in [0.3, 0.4) is 0 Å². The van der Waals surface area contributed by atoms with Crippen molar-refractivity contribution < 1.29 is 9.53 Å². The number of hydrogen-bond acceptors (Lipinski definition) is 6. The molecule has 3 aromatic rings. The molecule has 0 aliphatic heterocycles. The number of thioether (sulfide) groups is 1. The SMILES string of the molecule is COc1ccc(Cn2nnnc2SCC(=O)c2ccccc2)cc1. The molecule has 0 spiro atoms. The molecule has 0 fully saturated rings. The van der Waals surface area contributed by atoms with Crippen molar-refractivity contribution in [2.45, 2.75) is 11.7 Å². The van der Waals surface area contributed by atoms with E-state index in [0.717, 1.165) is 11.3 Å². The van der Waals surface area contributed by atoms with E-state index >= 15 is 0 Å². The lowest BCUT2D eigenvalue weighted by Gasteiger charge is -2.05. The first kappa shape index (κ1) is 16.2. The van der Waals surface area contributed by atoms with E-state index in [-0.39, 0.29) is 5.78 Å². The zero-order valence-corrected chi connectivity index (χ0v) is 13.9. The fourth-order valence-electron chi connectivity index (χ4n) is 2.14. The largest absolute Gasteiger partial charge is 0.497 e. The van der Waals surface area contributed by atoms with Crippen LogP contribution in [0.2, 0.25) is 0 Å². The highest BCUT2D eigenvalue weighted by molar-refractivity contribution is 7.99. The topological polar surface area (TPSA) is 69.9 Å². The van der Waals surface area contributed by atoms with Gasteiger partial charge in [-0.1, -0.05) is 54.2 Å². The van der Waals surface area contributed by atoms with E-state index in [1.54, 1.807) is 11.8 Å². The highest BCUT2D eigenvalue weighted by Crippen LogP contribution is 2.18. The first-order valence-corrected chi connectivity index (χ1v) is 8.35. The van der Waals surface area contributed by atoms with Crippen LogP contribution in [-0.2, 0) is 6.54 Å². The molecule has 122 valence electrons. The van der Waals surface area contributed by atoms with Crippen LogP contribution >= 0.6 is 11.8 Å². The minimum absolute atomic E-state index is 0.0552. The van der Waals surface area contributed by atoms with Crippen molar-refractivity contribution in [3.63, 3.8) is 0 Å². The number of aromatic nitrogens is 4. The maximum Gasteiger partial charge on any atom is 0.210 e. The number of benzene rings is 2. The highest BCUT2D eigenvalue weighted by Gasteiger charge is 2.11. The second-order valence-corrected chi connectivity index (χ2v) is 5.99. The van der Waals surface area contributed by atoms with Crippen LogP contribution in [0.4, 0.5) is 0 Å². The van der Waals surface area contributed by atoms with Crippen molar-refractivity contribution in [1.29, 1.82) is 0 Å². The average molecular weight is 340 g/mol. The third-order valence-electron chi connectivity index (χ3n) is 3.42. The van der Waals surface area contributed by atoms with Crippen molar-refractivity contribution in [2.75, 3.05) is 12.9 Å². The fourth-order valence-corrected chi connectivity index (χ4v) is 2.91. The Labute approximate surface area is 143 Å². The molecule has 0 N–H and O–H groups in total. The summed E-state index contributed by atoms with van der Waals surface area (Å²) in [5.74, 6) is 1.16. The van der Waals surface area contributed by atoms with Gasteiger partial charge in [0.1, 0.15) is 5.75 Å². The van der Waals surface area contributed by atoms with Gasteiger partial charge in [0.2, 0.25) is 5.16 Å². The molecule has 1 heterocycles. The summed E-state index contributed by atoms with van der Waals surface area (Å²) in [6.07, 6.45) is 0. The van der Waals surface area contributed by atoms with Crippen molar-refractivity contribution >= 4 is 17.5 Å². The summed E-state index contributed by atoms with van der Waals surface area (Å²) in [6.45, 7) is 0.541. The number of hydrogen-bond donors (Lipinski definition) is 0. The monoisotopic (exact) mass is 340 g/mol. The molecular weight excluding hydrogens is 324 g/mol. The maximum atomic E-state index is 12.2. The molecule has 0 saturated carbocycles. The molecule has 3 rings (SSSR count). The minimum Gasteiger partial charge on any atom is -0.497 e. The Morgan fingerprint density at radius 1 is 1.12 bits per heavy atom. The van der Waals surface area contributed by atoms with Crippen molar-refractivity contribution in [3.05, 3.63) is 65.7 Å². The molecule has 6 nitrogen and oxygen atoms in total. The van der Waals surface area contributed by atoms with Crippen LogP contribution in [-0.4, -0.2) is 38.9 Å². The van der Waals surface area contributed by atoms with E-state index in [2.05, 4.69) is 15.5 Å². The van der Waals surface area contributed by atoms with E-state index in [1.807, 2.05) is 54.6 Å². The molecule has 0 aliphatic rings. The van der Waals surface area contributed by atoms with Gasteiger partial charge in [0.15, 0.2) is 5.78 Å². The fraction of sp³-hybridized carbons (Fsp3) is 0.176. The third kappa shape index (κ3) is 3.99. The van der Waals surface area contributed by atoms with E-state index in [1.165, 1.54) is 11.8 Å². The van der Waals surface area contributed by atoms with E-state index in [0.29, 0.717) is 23.0 Å². The van der Waals surface area contributed by atoms with Crippen LogP contribution in [0.15, 0.2) is 59.8 Å². The Hall–Kier alpha value is -2.67. The molecule has 2 aromatic carbocycles. The number of carbonyl (C=O) groups excluding carboxylic acids is 1. The van der Waals surface area contributed by atoms with Crippen molar-refractivity contribution in [1.82, 2.24) is 20.2 Å². The van der Waals surface area contributed by atoms with Crippen LogP contribution in [0, 0.1) is 0 Å². The molecule has 7 heteroatoms. The van der Waals surface area contributed by atoms with Gasteiger partial charge in [-0.05, 0) is 28.1 Å². The molecular formula is C17H16N4O2S. The summed E-state index contributed by atoms with van der Waals surface area (Å²) in [7, 11) is 1.63. The smallest absolute Gasteiger partial charge is 0.210 e. The predicted molar refractivity (Wildman–Crippen MR) is 91.4 cm³/mol. The molecule has 0 atom stereocenters. The number of methoxy groups -OCH3 is 1. The van der Waals surface area contributed by atoms with Gasteiger partial charge < -0.3 is 4.74 Å². The number of ketones is 1. The Bertz CT molecular complexity index is 803. The van der Waals surface area contributed by atoms with Crippen molar-refractivity contribution in [3.8, 4) is 5.75 Å². The van der Waals surface area contributed by atoms with Crippen molar-refractivity contribution in [2.24, 2.45) is 0 Å². The summed E-state index contributed by atoms with van der Waals surface area (Å²) < 4.78 is 6.83. The van der Waals surface area contributed by atoms with E-state index in [4.69, 9.17) is 4.74 Å². The van der Waals surface area contributed by atoms with Gasteiger partial charge in [-0.2, -0.15) is 0 Å². The average Bonchev–Trinajstić information content (AvgIpc) is 3.08. The quantitative estimate of drug-likeness (QED) is 0.486. The lowest BCUT2D eigenvalue weighted by molar-refractivity contribution is 0.102. The second kappa shape index (κ2) is 7.74. The van der Waals surface area contributed by atoms with Crippen LogP contribution < -0.4 is 4.74 Å². The maximum absolute atomic E-state index is 12.2. The van der Waals surface area contributed by atoms with Gasteiger partial charge >= 0.3 is 0 Å². The Balaban J connectivity index is 1.63. The van der Waals surface area contributed by atoms with Gasteiger partial charge in [-0.15, -0.1) is 5.10 Å². The first-order chi connectivity index (χ1) is 11.8. The van der Waals surface area contributed by atoms with Crippen LogP contribution in [0.5, 0.6) is 5.75 Å². The first-order valence-electron chi connectivity index (χ1n) is 7.36. The van der Waals surface area contributed by atoms with Gasteiger partial charge in [0, 0.05) is 5.56 Å². The Kier molecular flexibility index (Phi) is 5.22. The number of ether oxygens (including phenoxy) is 1. The zero-order chi connectivity index (χ0) is 16.8. The van der Waals surface area contributed by atoms with Crippen LogP contribution in [0.1, 0.15) is 15.9 Å². The molecule has 0 saturated heterocycles. The van der Waals surface area contributed by atoms with Gasteiger partial charge in [0.25, 0.3) is 0 Å². The van der Waals surface area contributed by atoms with Crippen LogP contribution in [0.25, 0.3) is 0 Å². The summed E-state index contributed by atoms with van der Waals surface area (Å²) in [5, 5.41) is 12.3. The summed E-state index contributed by atoms with van der Waals surface area (Å²) in [6, 6.07) is 16.9. The Morgan fingerprint density at radius 2 is 1.88 bits per heavy atom. The highest BCUT2D eigenvalue weighted by atomic mass is 32.2. The lowest BCUT2D eigenvalue weighted by atomic mass is 10.2. The number of rotatable bonds is 7. The lowest BCUT2D eigenvalue weighted by Crippen LogP contribution is -2.07. The standard InChI is InChI=1S/C17H16N4O2S/c1-23-15-9-7-13(8-10-15)11-21-17(18-19-20-21)24-12-16(22)14-5-3-2-4-6-14/h2-10H,11-12H2,1H3. The van der Waals surface area contributed by atoms with E-state index < -0.39 is 0 Å². The number of tetrazole rings is 1. The van der Waals surface area contributed by atoms with Gasteiger partial charge in [-0.3, -0.25) is 4.79 Å². The molecule has 0 aliphatic carbocycles. The molecule has 0 bridgehead atoms. The van der Waals surface area contributed by atoms with E-state index in [9.17, 15) is 4.79 Å². The summed E-state index contributed by atoms with van der Waals surface area (Å²) in [4.78, 5) is 12.2. The van der Waals surface area contributed by atoms with Gasteiger partial charge in [0.05, 0.1) is 19.4 Å². The minimum atomic E-state index is 0.0552. The predicted octanol–water partition coefficient (Wildman–Crippen LogP) is 2.71. The number of carbonyl (C=O) groups is 1. The number of Topliss-reactive ketones (excluding diaryl/α,β-unsaturated/α-hetero) is 1. The summed E-state index contributed by atoms with van der Waals surface area (Å²) >= 11 is 1.34. The number of nitrogens with zero attached hydrogens (tertiary/aromatic N) is 4.